The van der Waals surface area contributed by atoms with E-state index in [-0.39, 0.29) is 35.8 Å². The lowest BCUT2D eigenvalue weighted by Gasteiger charge is -2.20. The number of benzene rings is 1. The Kier molecular flexibility index (Phi) is 12.2. The SMILES string of the molecule is CN=C(NCCCOC(C)c1ccccc1)NCCS(=O)(=O)C(C)(C)C.I. The number of rotatable bonds is 9. The zero-order chi connectivity index (χ0) is 19.6. The van der Waals surface area contributed by atoms with Gasteiger partial charge in [0.1, 0.15) is 0 Å². The maximum atomic E-state index is 12.1. The Balaban J connectivity index is 0.00000676. The highest BCUT2D eigenvalue weighted by Gasteiger charge is 2.28. The van der Waals surface area contributed by atoms with Crippen LogP contribution in [0.5, 0.6) is 0 Å². The van der Waals surface area contributed by atoms with Gasteiger partial charge in [-0.25, -0.2) is 8.42 Å². The van der Waals surface area contributed by atoms with Crippen molar-refractivity contribution in [1.82, 2.24) is 10.6 Å². The van der Waals surface area contributed by atoms with Gasteiger partial charge < -0.3 is 15.4 Å². The Morgan fingerprint density at radius 1 is 1.15 bits per heavy atom. The van der Waals surface area contributed by atoms with Gasteiger partial charge in [-0.1, -0.05) is 30.3 Å². The minimum atomic E-state index is -3.13. The summed E-state index contributed by atoms with van der Waals surface area (Å²) in [7, 11) is -1.46. The van der Waals surface area contributed by atoms with E-state index in [0.29, 0.717) is 25.7 Å². The number of hydrogen-bond acceptors (Lipinski definition) is 4. The second-order valence-electron chi connectivity index (χ2n) is 7.13. The number of nitrogens with one attached hydrogen (secondary N) is 2. The molecule has 0 heterocycles. The monoisotopic (exact) mass is 511 g/mol. The molecule has 0 aliphatic heterocycles. The molecule has 2 N–H and O–H groups in total. The molecule has 0 aliphatic carbocycles. The third-order valence-electron chi connectivity index (χ3n) is 4.07. The number of halogens is 1. The van der Waals surface area contributed by atoms with Crippen LogP contribution in [-0.4, -0.2) is 51.6 Å². The van der Waals surface area contributed by atoms with Crippen molar-refractivity contribution in [3.8, 4) is 0 Å². The maximum Gasteiger partial charge on any atom is 0.191 e. The first-order valence-corrected chi connectivity index (χ1v) is 10.7. The summed E-state index contributed by atoms with van der Waals surface area (Å²) < 4.78 is 29.3. The van der Waals surface area contributed by atoms with E-state index >= 15 is 0 Å². The fraction of sp³-hybridized carbons (Fsp3) is 0.632. The van der Waals surface area contributed by atoms with Crippen molar-refractivity contribution in [1.29, 1.82) is 0 Å². The van der Waals surface area contributed by atoms with Gasteiger partial charge in [-0.3, -0.25) is 4.99 Å². The number of guanidine groups is 1. The molecule has 0 amide bonds. The smallest absolute Gasteiger partial charge is 0.191 e. The number of ether oxygens (including phenoxy) is 1. The van der Waals surface area contributed by atoms with E-state index in [2.05, 4.69) is 27.8 Å². The molecule has 1 atom stereocenters. The molecule has 0 saturated carbocycles. The molecule has 8 heteroatoms. The lowest BCUT2D eigenvalue weighted by atomic mass is 10.1. The molecule has 156 valence electrons. The van der Waals surface area contributed by atoms with Gasteiger partial charge in [-0.15, -0.1) is 24.0 Å². The summed E-state index contributed by atoms with van der Waals surface area (Å²) in [4.78, 5) is 4.11. The third kappa shape index (κ3) is 9.75. The first kappa shape index (κ1) is 26.1. The van der Waals surface area contributed by atoms with Crippen LogP contribution >= 0.6 is 24.0 Å². The van der Waals surface area contributed by atoms with Gasteiger partial charge in [-0.05, 0) is 39.7 Å². The maximum absolute atomic E-state index is 12.1. The van der Waals surface area contributed by atoms with Gasteiger partial charge in [0, 0.05) is 26.7 Å². The van der Waals surface area contributed by atoms with Crippen molar-refractivity contribution >= 4 is 39.8 Å². The summed E-state index contributed by atoms with van der Waals surface area (Å²) in [6, 6.07) is 10.1. The number of sulfone groups is 1. The summed E-state index contributed by atoms with van der Waals surface area (Å²) in [5.41, 5.74) is 1.16. The molecular formula is C19H34IN3O3S. The van der Waals surface area contributed by atoms with Crippen molar-refractivity contribution in [2.75, 3.05) is 32.5 Å². The summed E-state index contributed by atoms with van der Waals surface area (Å²) in [5.74, 6) is 0.680. The van der Waals surface area contributed by atoms with E-state index in [1.807, 2.05) is 25.1 Å². The van der Waals surface area contributed by atoms with E-state index in [0.717, 1.165) is 12.0 Å². The second-order valence-corrected chi connectivity index (χ2v) is 10.00. The van der Waals surface area contributed by atoms with Crippen LogP contribution in [0.4, 0.5) is 0 Å². The van der Waals surface area contributed by atoms with Crippen LogP contribution in [-0.2, 0) is 14.6 Å². The Bertz CT molecular complexity index is 659. The normalized spacial score (nSPS) is 13.6. The van der Waals surface area contributed by atoms with Gasteiger partial charge in [0.25, 0.3) is 0 Å². The van der Waals surface area contributed by atoms with E-state index in [4.69, 9.17) is 4.74 Å². The van der Waals surface area contributed by atoms with Gasteiger partial charge in [0.2, 0.25) is 0 Å². The first-order valence-electron chi connectivity index (χ1n) is 9.01. The molecule has 1 aromatic rings. The average Bonchev–Trinajstić information content (AvgIpc) is 2.59. The zero-order valence-electron chi connectivity index (χ0n) is 17.0. The van der Waals surface area contributed by atoms with Crippen LogP contribution in [0.2, 0.25) is 0 Å². The van der Waals surface area contributed by atoms with Gasteiger partial charge in [0.15, 0.2) is 15.8 Å². The van der Waals surface area contributed by atoms with Crippen molar-refractivity contribution in [2.24, 2.45) is 4.99 Å². The zero-order valence-corrected chi connectivity index (χ0v) is 20.1. The summed E-state index contributed by atoms with van der Waals surface area (Å²) in [6.45, 7) is 8.86. The Hall–Kier alpha value is -0.870. The quantitative estimate of drug-likeness (QED) is 0.231. The van der Waals surface area contributed by atoms with Crippen molar-refractivity contribution in [3.63, 3.8) is 0 Å². The van der Waals surface area contributed by atoms with Crippen LogP contribution in [0, 0.1) is 0 Å². The minimum Gasteiger partial charge on any atom is -0.374 e. The van der Waals surface area contributed by atoms with Crippen LogP contribution in [0.25, 0.3) is 0 Å². The fourth-order valence-corrected chi connectivity index (χ4v) is 3.17. The van der Waals surface area contributed by atoms with Gasteiger partial charge >= 0.3 is 0 Å². The first-order chi connectivity index (χ1) is 12.2. The molecule has 0 aromatic heterocycles. The molecule has 6 nitrogen and oxygen atoms in total. The van der Waals surface area contributed by atoms with Crippen LogP contribution in [0.3, 0.4) is 0 Å². The minimum absolute atomic E-state index is 0. The highest BCUT2D eigenvalue weighted by Crippen LogP contribution is 2.16. The summed E-state index contributed by atoms with van der Waals surface area (Å²) >= 11 is 0. The number of nitrogens with zero attached hydrogens (tertiary/aromatic N) is 1. The number of aliphatic imine (C=N–C) groups is 1. The van der Waals surface area contributed by atoms with Crippen molar-refractivity contribution < 1.29 is 13.2 Å². The Morgan fingerprint density at radius 3 is 2.30 bits per heavy atom. The molecule has 27 heavy (non-hydrogen) atoms. The molecule has 0 aliphatic rings. The molecule has 0 saturated heterocycles. The Morgan fingerprint density at radius 2 is 1.74 bits per heavy atom. The van der Waals surface area contributed by atoms with Gasteiger partial charge in [-0.2, -0.15) is 0 Å². The summed E-state index contributed by atoms with van der Waals surface area (Å²) in [5, 5.41) is 6.21. The largest absolute Gasteiger partial charge is 0.374 e. The van der Waals surface area contributed by atoms with E-state index in [1.165, 1.54) is 0 Å². The average molecular weight is 511 g/mol. The van der Waals surface area contributed by atoms with E-state index in [1.54, 1.807) is 27.8 Å². The summed E-state index contributed by atoms with van der Waals surface area (Å²) in [6.07, 6.45) is 0.897. The van der Waals surface area contributed by atoms with E-state index in [9.17, 15) is 8.42 Å². The number of hydrogen-bond donors (Lipinski definition) is 2. The van der Waals surface area contributed by atoms with Crippen molar-refractivity contribution in [3.05, 3.63) is 35.9 Å². The molecular weight excluding hydrogens is 477 g/mol. The predicted octanol–water partition coefficient (Wildman–Crippen LogP) is 3.15. The van der Waals surface area contributed by atoms with Crippen LogP contribution < -0.4 is 10.6 Å². The van der Waals surface area contributed by atoms with Crippen LogP contribution in [0.15, 0.2) is 35.3 Å². The van der Waals surface area contributed by atoms with Crippen molar-refractivity contribution in [2.45, 2.75) is 45.0 Å². The Labute approximate surface area is 181 Å². The lowest BCUT2D eigenvalue weighted by Crippen LogP contribution is -2.42. The van der Waals surface area contributed by atoms with Gasteiger partial charge in [0.05, 0.1) is 16.6 Å². The topological polar surface area (TPSA) is 79.8 Å². The van der Waals surface area contributed by atoms with Crippen LogP contribution in [0.1, 0.15) is 45.8 Å². The molecule has 1 rings (SSSR count). The lowest BCUT2D eigenvalue weighted by molar-refractivity contribution is 0.0646. The predicted molar refractivity (Wildman–Crippen MR) is 124 cm³/mol. The molecule has 0 fully saturated rings. The fourth-order valence-electron chi connectivity index (χ4n) is 2.19. The standard InChI is InChI=1S/C19H33N3O3S.HI/c1-16(17-10-7-6-8-11-17)25-14-9-12-21-18(20-5)22-13-15-26(23,24)19(2,3)4;/h6-8,10-11,16H,9,12-15H2,1-5H3,(H2,20,21,22);1H. The highest BCUT2D eigenvalue weighted by molar-refractivity contribution is 14.0. The third-order valence-corrected chi connectivity index (χ3v) is 6.68. The molecule has 0 radical (unpaired) electrons. The molecule has 0 bridgehead atoms. The molecule has 1 aromatic carbocycles. The molecule has 0 spiro atoms. The highest BCUT2D eigenvalue weighted by atomic mass is 127. The molecule has 1 unspecified atom stereocenters. The second kappa shape index (κ2) is 12.6. The van der Waals surface area contributed by atoms with E-state index < -0.39 is 14.6 Å².